The quantitative estimate of drug-likeness (QED) is 0.464. The van der Waals surface area contributed by atoms with E-state index in [0.29, 0.717) is 28.1 Å². The van der Waals surface area contributed by atoms with Crippen molar-refractivity contribution >= 4 is 17.0 Å². The minimum atomic E-state index is -2.05. The molecule has 0 saturated heterocycles. The van der Waals surface area contributed by atoms with Crippen LogP contribution in [0.4, 0.5) is 0 Å². The van der Waals surface area contributed by atoms with Gasteiger partial charge in [0.15, 0.2) is 11.1 Å². The lowest BCUT2D eigenvalue weighted by atomic mass is 9.95. The van der Waals surface area contributed by atoms with Gasteiger partial charge in [0.1, 0.15) is 0 Å². The van der Waals surface area contributed by atoms with Crippen LogP contribution in [-0.2, 0) is 16.8 Å². The molecule has 0 aliphatic rings. The number of aliphatic hydroxyl groups excluding tert-OH is 1. The monoisotopic (exact) mass is 440 g/mol. The molecule has 7 nitrogen and oxygen atoms in total. The van der Waals surface area contributed by atoms with E-state index in [4.69, 9.17) is 4.74 Å². The van der Waals surface area contributed by atoms with Crippen LogP contribution in [0.2, 0.25) is 0 Å². The zero-order valence-electron chi connectivity index (χ0n) is 17.2. The molecule has 0 aliphatic heterocycles. The summed E-state index contributed by atoms with van der Waals surface area (Å²) in [5, 5.41) is 12.7. The minimum Gasteiger partial charge on any atom is -0.481 e. The molecule has 2 atom stereocenters. The summed E-state index contributed by atoms with van der Waals surface area (Å²) in [6, 6.07) is 15.8. The van der Waals surface area contributed by atoms with E-state index in [9.17, 15) is 18.7 Å². The highest BCUT2D eigenvalue weighted by molar-refractivity contribution is 7.78. The van der Waals surface area contributed by atoms with Crippen molar-refractivity contribution in [1.29, 1.82) is 0 Å². The van der Waals surface area contributed by atoms with Crippen molar-refractivity contribution in [2.24, 2.45) is 0 Å². The van der Waals surface area contributed by atoms with Crippen molar-refractivity contribution in [3.63, 3.8) is 0 Å². The number of pyridine rings is 1. The number of nitrogens with zero attached hydrogens (tertiary/aromatic N) is 1. The van der Waals surface area contributed by atoms with Crippen LogP contribution in [0.15, 0.2) is 60.8 Å². The van der Waals surface area contributed by atoms with E-state index >= 15 is 0 Å². The molecule has 3 aromatic rings. The van der Waals surface area contributed by atoms with Gasteiger partial charge in [0.2, 0.25) is 5.88 Å². The third-order valence-electron chi connectivity index (χ3n) is 5.00. The first kappa shape index (κ1) is 22.6. The lowest BCUT2D eigenvalue weighted by Gasteiger charge is -2.19. The molecule has 31 heavy (non-hydrogen) atoms. The van der Waals surface area contributed by atoms with Gasteiger partial charge in [-0.25, -0.2) is 9.19 Å². The molecule has 0 spiro atoms. The van der Waals surface area contributed by atoms with E-state index in [0.717, 1.165) is 11.1 Å². The Morgan fingerprint density at radius 1 is 1.16 bits per heavy atom. The summed E-state index contributed by atoms with van der Waals surface area (Å²) in [7, 11) is 1.51. The predicted octanol–water partition coefficient (Wildman–Crippen LogP) is 3.25. The van der Waals surface area contributed by atoms with Crippen molar-refractivity contribution < 1.29 is 23.4 Å². The topological polar surface area (TPSA) is 109 Å². The minimum absolute atomic E-state index is 0.0847. The Bertz CT molecular complexity index is 1070. The highest BCUT2D eigenvalue weighted by Crippen LogP contribution is 2.27. The number of nitrogens with one attached hydrogen (secondary N) is 1. The third-order valence-corrected chi connectivity index (χ3v) is 5.56. The van der Waals surface area contributed by atoms with Gasteiger partial charge in [-0.2, -0.15) is 0 Å². The van der Waals surface area contributed by atoms with Gasteiger partial charge in [-0.3, -0.25) is 4.79 Å². The molecule has 1 unspecified atom stereocenters. The summed E-state index contributed by atoms with van der Waals surface area (Å²) in [4.78, 5) is 17.3. The molecule has 3 rings (SSSR count). The summed E-state index contributed by atoms with van der Waals surface area (Å²) in [6.07, 6.45) is 1.54. The van der Waals surface area contributed by atoms with Gasteiger partial charge >= 0.3 is 0 Å². The summed E-state index contributed by atoms with van der Waals surface area (Å²) in [6.45, 7) is 1.43. The zero-order valence-corrected chi connectivity index (χ0v) is 18.1. The number of ether oxygens (including phenoxy) is 1. The number of hydrogen-bond donors (Lipinski definition) is 3. The van der Waals surface area contributed by atoms with E-state index in [2.05, 4.69) is 10.3 Å². The molecule has 0 radical (unpaired) electrons. The van der Waals surface area contributed by atoms with Gasteiger partial charge in [-0.1, -0.05) is 30.3 Å². The fourth-order valence-corrected chi connectivity index (χ4v) is 3.85. The van der Waals surface area contributed by atoms with Crippen molar-refractivity contribution in [2.75, 3.05) is 13.7 Å². The molecule has 1 aromatic heterocycles. The van der Waals surface area contributed by atoms with Crippen molar-refractivity contribution in [3.05, 3.63) is 83.0 Å². The van der Waals surface area contributed by atoms with Crippen LogP contribution in [0.5, 0.6) is 5.88 Å². The Hall–Kier alpha value is -3.07. The lowest BCUT2D eigenvalue weighted by molar-refractivity contribution is 0.0915. The molecule has 1 amide bonds. The van der Waals surface area contributed by atoms with Gasteiger partial charge in [-0.05, 0) is 52.9 Å². The van der Waals surface area contributed by atoms with E-state index in [-0.39, 0.29) is 12.4 Å². The molecular weight excluding hydrogens is 416 g/mol. The molecule has 1 heterocycles. The number of benzene rings is 2. The second-order valence-electron chi connectivity index (χ2n) is 6.98. The average Bonchev–Trinajstić information content (AvgIpc) is 2.79. The molecule has 3 N–H and O–H groups in total. The van der Waals surface area contributed by atoms with E-state index in [1.54, 1.807) is 25.1 Å². The fraction of sp³-hybridized carbons (Fsp3) is 0.217. The summed E-state index contributed by atoms with van der Waals surface area (Å²) in [5.41, 5.74) is 3.89. The van der Waals surface area contributed by atoms with Crippen LogP contribution in [-0.4, -0.2) is 38.5 Å². The number of carbonyl (C=O) groups excluding carboxylic acids is 1. The molecule has 162 valence electrons. The summed E-state index contributed by atoms with van der Waals surface area (Å²) in [5.74, 6) is -0.0477. The van der Waals surface area contributed by atoms with Crippen LogP contribution in [0.3, 0.4) is 0 Å². The van der Waals surface area contributed by atoms with E-state index < -0.39 is 23.0 Å². The largest absolute Gasteiger partial charge is 0.481 e. The van der Waals surface area contributed by atoms with Crippen molar-refractivity contribution in [3.8, 4) is 17.0 Å². The molecule has 0 bridgehead atoms. The molecule has 8 heteroatoms. The SMILES string of the molecule is COc1ccc([C@@H](CO)NC(=O)c2cc(-c3ccccc3)cc(CS(=O)O)c2C)cn1. The Kier molecular flexibility index (Phi) is 7.51. The average molecular weight is 441 g/mol. The highest BCUT2D eigenvalue weighted by atomic mass is 32.2. The number of hydrogen-bond acceptors (Lipinski definition) is 5. The van der Waals surface area contributed by atoms with Crippen LogP contribution >= 0.6 is 0 Å². The van der Waals surface area contributed by atoms with E-state index in [1.165, 1.54) is 13.3 Å². The number of carbonyl (C=O) groups is 1. The Labute approximate surface area is 183 Å². The summed E-state index contributed by atoms with van der Waals surface area (Å²) < 4.78 is 25.9. The lowest BCUT2D eigenvalue weighted by Crippen LogP contribution is -2.31. The normalized spacial score (nSPS) is 12.8. The second kappa shape index (κ2) is 10.3. The van der Waals surface area contributed by atoms with Crippen molar-refractivity contribution in [1.82, 2.24) is 10.3 Å². The third kappa shape index (κ3) is 5.55. The van der Waals surface area contributed by atoms with Crippen LogP contribution in [0.1, 0.15) is 33.1 Å². The molecule has 0 saturated carbocycles. The fourth-order valence-electron chi connectivity index (χ4n) is 3.28. The summed E-state index contributed by atoms with van der Waals surface area (Å²) >= 11 is -2.05. The maximum Gasteiger partial charge on any atom is 0.252 e. The van der Waals surface area contributed by atoms with E-state index in [1.807, 2.05) is 36.4 Å². The van der Waals surface area contributed by atoms with Crippen LogP contribution in [0.25, 0.3) is 11.1 Å². The molecule has 0 aliphatic carbocycles. The number of amides is 1. The number of rotatable bonds is 8. The first-order valence-electron chi connectivity index (χ1n) is 9.61. The van der Waals surface area contributed by atoms with Gasteiger partial charge in [0.25, 0.3) is 5.91 Å². The van der Waals surface area contributed by atoms with Gasteiger partial charge in [0, 0.05) is 17.8 Å². The number of aliphatic hydroxyl groups is 1. The van der Waals surface area contributed by atoms with Gasteiger partial charge < -0.3 is 19.7 Å². The van der Waals surface area contributed by atoms with Gasteiger partial charge in [0.05, 0.1) is 25.5 Å². The Morgan fingerprint density at radius 3 is 2.48 bits per heavy atom. The van der Waals surface area contributed by atoms with Gasteiger partial charge in [-0.15, -0.1) is 0 Å². The first-order chi connectivity index (χ1) is 14.9. The van der Waals surface area contributed by atoms with Crippen molar-refractivity contribution in [2.45, 2.75) is 18.7 Å². The maximum atomic E-state index is 13.1. The number of methoxy groups -OCH3 is 1. The highest BCUT2D eigenvalue weighted by Gasteiger charge is 2.20. The standard InChI is InChI=1S/C23H24N2O5S/c1-15-19(14-31(28)29)10-18(16-6-4-3-5-7-16)11-20(15)23(27)25-21(13-26)17-8-9-22(30-2)24-12-17/h3-12,21,26H,13-14H2,1-2H3,(H,25,27)(H,28,29)/t21-/m1/s1. The zero-order chi connectivity index (χ0) is 22.4. The second-order valence-corrected chi connectivity index (χ2v) is 7.91. The molecular formula is C23H24N2O5S. The number of aromatic nitrogens is 1. The Morgan fingerprint density at radius 2 is 1.90 bits per heavy atom. The Balaban J connectivity index is 1.96. The van der Waals surface area contributed by atoms with Crippen LogP contribution in [0, 0.1) is 6.92 Å². The molecule has 2 aromatic carbocycles. The molecule has 0 fully saturated rings. The first-order valence-corrected chi connectivity index (χ1v) is 10.9. The predicted molar refractivity (Wildman–Crippen MR) is 119 cm³/mol. The smallest absolute Gasteiger partial charge is 0.252 e. The maximum absolute atomic E-state index is 13.1. The van der Waals surface area contributed by atoms with Crippen LogP contribution < -0.4 is 10.1 Å².